The van der Waals surface area contributed by atoms with Crippen LogP contribution in [0, 0.1) is 5.92 Å². The smallest absolute Gasteiger partial charge is 0.291 e. The summed E-state index contributed by atoms with van der Waals surface area (Å²) in [4.78, 5) is 23.6. The predicted molar refractivity (Wildman–Crippen MR) is 95.0 cm³/mol. The van der Waals surface area contributed by atoms with Gasteiger partial charge in [0, 0.05) is 12.2 Å². The van der Waals surface area contributed by atoms with Crippen molar-refractivity contribution in [2.75, 3.05) is 5.32 Å². The van der Waals surface area contributed by atoms with E-state index in [1.54, 1.807) is 24.3 Å². The molecule has 7 heteroatoms. The van der Waals surface area contributed by atoms with Crippen LogP contribution in [-0.4, -0.2) is 17.9 Å². The Balaban J connectivity index is 0.00000288. The number of furan rings is 1. The molecule has 0 saturated heterocycles. The van der Waals surface area contributed by atoms with Gasteiger partial charge in [0.2, 0.25) is 5.91 Å². The van der Waals surface area contributed by atoms with Gasteiger partial charge in [0.25, 0.3) is 5.91 Å². The molecule has 2 aromatic rings. The molecule has 0 fully saturated rings. The van der Waals surface area contributed by atoms with Crippen molar-refractivity contribution in [1.82, 2.24) is 5.32 Å². The SMILES string of the molecule is CC(C)C(N)C(=O)NCc1ccc(NC(=O)c2ccco2)cc1.Cl. The molecule has 0 spiro atoms. The summed E-state index contributed by atoms with van der Waals surface area (Å²) in [6, 6.07) is 9.94. The molecule has 4 N–H and O–H groups in total. The maximum Gasteiger partial charge on any atom is 0.291 e. The highest BCUT2D eigenvalue weighted by molar-refractivity contribution is 6.02. The highest BCUT2D eigenvalue weighted by atomic mass is 35.5. The summed E-state index contributed by atoms with van der Waals surface area (Å²) < 4.78 is 5.03. The summed E-state index contributed by atoms with van der Waals surface area (Å²) in [5, 5.41) is 5.53. The number of rotatable bonds is 6. The van der Waals surface area contributed by atoms with Crippen LogP contribution in [0.3, 0.4) is 0 Å². The summed E-state index contributed by atoms with van der Waals surface area (Å²) >= 11 is 0. The maximum absolute atomic E-state index is 11.8. The quantitative estimate of drug-likeness (QED) is 0.745. The number of carbonyl (C=O) groups excluding carboxylic acids is 2. The van der Waals surface area contributed by atoms with Crippen molar-refractivity contribution in [3.8, 4) is 0 Å². The van der Waals surface area contributed by atoms with Gasteiger partial charge in [0.1, 0.15) is 0 Å². The van der Waals surface area contributed by atoms with Crippen LogP contribution >= 0.6 is 12.4 Å². The average molecular weight is 352 g/mol. The Morgan fingerprint density at radius 1 is 1.17 bits per heavy atom. The monoisotopic (exact) mass is 351 g/mol. The topological polar surface area (TPSA) is 97.4 Å². The zero-order valence-corrected chi connectivity index (χ0v) is 14.4. The summed E-state index contributed by atoms with van der Waals surface area (Å²) in [6.07, 6.45) is 1.45. The minimum atomic E-state index is -0.512. The van der Waals surface area contributed by atoms with E-state index in [9.17, 15) is 9.59 Å². The molecule has 24 heavy (non-hydrogen) atoms. The predicted octanol–water partition coefficient (Wildman–Crippen LogP) is 2.55. The first kappa shape index (κ1) is 19.7. The van der Waals surface area contributed by atoms with E-state index in [0.29, 0.717) is 12.2 Å². The fraction of sp³-hybridized carbons (Fsp3) is 0.294. The number of nitrogens with one attached hydrogen (secondary N) is 2. The van der Waals surface area contributed by atoms with Gasteiger partial charge < -0.3 is 20.8 Å². The number of hydrogen-bond donors (Lipinski definition) is 3. The van der Waals surface area contributed by atoms with E-state index in [-0.39, 0.29) is 35.9 Å². The fourth-order valence-electron chi connectivity index (χ4n) is 1.92. The Hall–Kier alpha value is -2.31. The summed E-state index contributed by atoms with van der Waals surface area (Å²) in [6.45, 7) is 4.20. The molecule has 0 aliphatic rings. The molecule has 0 saturated carbocycles. The Labute approximate surface area is 147 Å². The molecular weight excluding hydrogens is 330 g/mol. The second kappa shape index (κ2) is 9.10. The molecule has 0 radical (unpaired) electrons. The van der Waals surface area contributed by atoms with Gasteiger partial charge in [-0.25, -0.2) is 0 Å². The van der Waals surface area contributed by atoms with E-state index < -0.39 is 6.04 Å². The van der Waals surface area contributed by atoms with E-state index in [1.165, 1.54) is 6.26 Å². The fourth-order valence-corrected chi connectivity index (χ4v) is 1.92. The standard InChI is InChI=1S/C17H21N3O3.ClH/c1-11(2)15(18)17(22)19-10-12-5-7-13(8-6-12)20-16(21)14-4-3-9-23-14;/h3-9,11,15H,10,18H2,1-2H3,(H,19,22)(H,20,21);1H. The first-order valence-electron chi connectivity index (χ1n) is 7.44. The van der Waals surface area contributed by atoms with Crippen LogP contribution in [0.4, 0.5) is 5.69 Å². The number of amides is 2. The molecule has 0 aliphatic heterocycles. The lowest BCUT2D eigenvalue weighted by atomic mass is 10.0. The van der Waals surface area contributed by atoms with Crippen molar-refractivity contribution in [2.24, 2.45) is 11.7 Å². The van der Waals surface area contributed by atoms with Crippen LogP contribution in [0.25, 0.3) is 0 Å². The van der Waals surface area contributed by atoms with Crippen molar-refractivity contribution in [3.63, 3.8) is 0 Å². The first-order valence-corrected chi connectivity index (χ1v) is 7.44. The van der Waals surface area contributed by atoms with E-state index in [2.05, 4.69) is 10.6 Å². The van der Waals surface area contributed by atoms with Crippen LogP contribution in [-0.2, 0) is 11.3 Å². The molecule has 0 aliphatic carbocycles. The maximum atomic E-state index is 11.8. The number of nitrogens with two attached hydrogens (primary N) is 1. The largest absolute Gasteiger partial charge is 0.459 e. The summed E-state index contributed by atoms with van der Waals surface area (Å²) in [5.74, 6) is -0.132. The minimum absolute atomic E-state index is 0. The minimum Gasteiger partial charge on any atom is -0.459 e. The molecule has 6 nitrogen and oxygen atoms in total. The number of halogens is 1. The average Bonchev–Trinajstić information content (AvgIpc) is 3.07. The first-order chi connectivity index (χ1) is 11.0. The van der Waals surface area contributed by atoms with E-state index >= 15 is 0 Å². The Bertz CT molecular complexity index is 654. The third-order valence-electron chi connectivity index (χ3n) is 3.44. The third kappa shape index (κ3) is 5.40. The van der Waals surface area contributed by atoms with E-state index in [0.717, 1.165) is 5.56 Å². The van der Waals surface area contributed by atoms with Crippen LogP contribution in [0.15, 0.2) is 47.1 Å². The lowest BCUT2D eigenvalue weighted by molar-refractivity contribution is -0.123. The van der Waals surface area contributed by atoms with Gasteiger partial charge in [-0.15, -0.1) is 12.4 Å². The number of anilines is 1. The van der Waals surface area contributed by atoms with Gasteiger partial charge in [0.15, 0.2) is 5.76 Å². The van der Waals surface area contributed by atoms with Crippen LogP contribution in [0.5, 0.6) is 0 Å². The molecule has 130 valence electrons. The van der Waals surface area contributed by atoms with Gasteiger partial charge in [-0.1, -0.05) is 26.0 Å². The Kier molecular flexibility index (Phi) is 7.48. The number of benzene rings is 1. The van der Waals surface area contributed by atoms with Gasteiger partial charge >= 0.3 is 0 Å². The molecule has 1 atom stereocenters. The van der Waals surface area contributed by atoms with Crippen LogP contribution in [0.1, 0.15) is 30.0 Å². The van der Waals surface area contributed by atoms with Crippen molar-refractivity contribution in [1.29, 1.82) is 0 Å². The molecule has 2 amide bonds. The Morgan fingerprint density at radius 3 is 2.38 bits per heavy atom. The zero-order valence-electron chi connectivity index (χ0n) is 13.6. The molecular formula is C17H22ClN3O3. The molecule has 2 rings (SSSR count). The van der Waals surface area contributed by atoms with Crippen molar-refractivity contribution in [3.05, 3.63) is 54.0 Å². The zero-order chi connectivity index (χ0) is 16.8. The normalized spacial score (nSPS) is 11.5. The third-order valence-corrected chi connectivity index (χ3v) is 3.44. The molecule has 1 aromatic carbocycles. The van der Waals surface area contributed by atoms with Gasteiger partial charge in [0.05, 0.1) is 12.3 Å². The molecule has 1 heterocycles. The second-order valence-electron chi connectivity index (χ2n) is 5.62. The van der Waals surface area contributed by atoms with Crippen molar-refractivity contribution >= 4 is 29.9 Å². The van der Waals surface area contributed by atoms with Crippen LogP contribution < -0.4 is 16.4 Å². The number of carbonyl (C=O) groups is 2. The summed E-state index contributed by atoms with van der Waals surface area (Å²) in [7, 11) is 0. The van der Waals surface area contributed by atoms with Crippen molar-refractivity contribution in [2.45, 2.75) is 26.4 Å². The van der Waals surface area contributed by atoms with Gasteiger partial charge in [-0.2, -0.15) is 0 Å². The molecule has 1 aromatic heterocycles. The lowest BCUT2D eigenvalue weighted by Crippen LogP contribution is -2.43. The molecule has 1 unspecified atom stereocenters. The van der Waals surface area contributed by atoms with Crippen LogP contribution in [0.2, 0.25) is 0 Å². The molecule has 0 bridgehead atoms. The van der Waals surface area contributed by atoms with Gasteiger partial charge in [-0.05, 0) is 35.7 Å². The second-order valence-corrected chi connectivity index (χ2v) is 5.62. The van der Waals surface area contributed by atoms with E-state index in [4.69, 9.17) is 10.2 Å². The highest BCUT2D eigenvalue weighted by Crippen LogP contribution is 2.12. The van der Waals surface area contributed by atoms with E-state index in [1.807, 2.05) is 26.0 Å². The van der Waals surface area contributed by atoms with Gasteiger partial charge in [-0.3, -0.25) is 9.59 Å². The number of hydrogen-bond acceptors (Lipinski definition) is 4. The van der Waals surface area contributed by atoms with Crippen molar-refractivity contribution < 1.29 is 14.0 Å². The highest BCUT2D eigenvalue weighted by Gasteiger charge is 2.16. The Morgan fingerprint density at radius 2 is 1.83 bits per heavy atom. The lowest BCUT2D eigenvalue weighted by Gasteiger charge is -2.15. The summed E-state index contributed by atoms with van der Waals surface area (Å²) in [5.41, 5.74) is 7.36.